The molecule has 0 fully saturated rings. The summed E-state index contributed by atoms with van der Waals surface area (Å²) < 4.78 is 0. The van der Waals surface area contributed by atoms with Crippen molar-refractivity contribution in [2.45, 2.75) is 45.8 Å². The quantitative estimate of drug-likeness (QED) is 0.584. The zero-order chi connectivity index (χ0) is 25.1. The van der Waals surface area contributed by atoms with E-state index < -0.39 is 12.1 Å². The number of hydrogen-bond donors (Lipinski definition) is 2. The Morgan fingerprint density at radius 1 is 1.20 bits per heavy atom. The summed E-state index contributed by atoms with van der Waals surface area (Å²) in [6, 6.07) is 11.0. The first-order valence-electron chi connectivity index (χ1n) is 11.9. The third kappa shape index (κ3) is 5.03. The minimum atomic E-state index is -0.683. The molecule has 35 heavy (non-hydrogen) atoms. The van der Waals surface area contributed by atoms with Crippen molar-refractivity contribution in [2.24, 2.45) is 5.92 Å². The zero-order valence-electron chi connectivity index (χ0n) is 20.1. The van der Waals surface area contributed by atoms with Crippen LogP contribution in [0.25, 0.3) is 0 Å². The van der Waals surface area contributed by atoms with Crippen LogP contribution in [0.2, 0.25) is 5.02 Å². The predicted molar refractivity (Wildman–Crippen MR) is 133 cm³/mol. The number of halogens is 1. The number of nitrogens with zero attached hydrogens (tertiary/aromatic N) is 3. The Morgan fingerprint density at radius 3 is 2.60 bits per heavy atom. The maximum absolute atomic E-state index is 13.9. The van der Waals surface area contributed by atoms with Crippen molar-refractivity contribution >= 4 is 29.4 Å². The molecule has 184 valence electrons. The van der Waals surface area contributed by atoms with E-state index >= 15 is 0 Å². The smallest absolute Gasteiger partial charge is 0.322 e. The monoisotopic (exact) mass is 495 g/mol. The molecule has 0 saturated carbocycles. The van der Waals surface area contributed by atoms with Crippen LogP contribution in [0.1, 0.15) is 44.5 Å². The van der Waals surface area contributed by atoms with Crippen LogP contribution < -0.4 is 10.6 Å². The summed E-state index contributed by atoms with van der Waals surface area (Å²) in [5, 5.41) is 6.34. The van der Waals surface area contributed by atoms with Crippen molar-refractivity contribution in [3.05, 3.63) is 76.2 Å². The first-order chi connectivity index (χ1) is 16.8. The topological polar surface area (TPSA) is 94.6 Å². The Morgan fingerprint density at radius 2 is 1.94 bits per heavy atom. The van der Waals surface area contributed by atoms with E-state index in [1.165, 1.54) is 0 Å². The summed E-state index contributed by atoms with van der Waals surface area (Å²) in [5.41, 5.74) is 2.48. The minimum absolute atomic E-state index is 0.174. The minimum Gasteiger partial charge on any atom is -0.349 e. The molecule has 8 nitrogen and oxygen atoms in total. The van der Waals surface area contributed by atoms with E-state index in [0.29, 0.717) is 34.8 Å². The van der Waals surface area contributed by atoms with E-state index in [4.69, 9.17) is 11.6 Å². The summed E-state index contributed by atoms with van der Waals surface area (Å²) in [5.74, 6) is -0.330. The molecule has 3 heterocycles. The van der Waals surface area contributed by atoms with Gasteiger partial charge in [-0.1, -0.05) is 49.7 Å². The summed E-state index contributed by atoms with van der Waals surface area (Å²) in [6.45, 7) is 6.75. The van der Waals surface area contributed by atoms with Crippen LogP contribution in [0.15, 0.2) is 59.9 Å². The molecule has 0 bridgehead atoms. The van der Waals surface area contributed by atoms with Gasteiger partial charge in [0.15, 0.2) is 0 Å². The maximum atomic E-state index is 13.9. The molecule has 0 saturated heterocycles. The lowest BCUT2D eigenvalue weighted by molar-refractivity contribution is -0.137. The summed E-state index contributed by atoms with van der Waals surface area (Å²) >= 11 is 6.45. The molecule has 4 rings (SSSR count). The Hall–Kier alpha value is -3.39. The van der Waals surface area contributed by atoms with E-state index in [9.17, 15) is 14.4 Å². The Balaban J connectivity index is 1.65. The van der Waals surface area contributed by atoms with Crippen LogP contribution in [-0.2, 0) is 16.1 Å². The second-order valence-electron chi connectivity index (χ2n) is 9.13. The van der Waals surface area contributed by atoms with E-state index in [-0.39, 0.29) is 36.9 Å². The number of rotatable bonds is 8. The Bertz CT molecular complexity index is 1150. The number of urea groups is 1. The first kappa shape index (κ1) is 24.7. The molecular formula is C26H30ClN5O3. The molecule has 4 amide bonds. The predicted octanol–water partition coefficient (Wildman–Crippen LogP) is 3.65. The van der Waals surface area contributed by atoms with Crippen LogP contribution in [-0.4, -0.2) is 51.8 Å². The van der Waals surface area contributed by atoms with Gasteiger partial charge in [0.1, 0.15) is 6.04 Å². The highest BCUT2D eigenvalue weighted by Crippen LogP contribution is 2.39. The number of amides is 4. The summed E-state index contributed by atoms with van der Waals surface area (Å²) in [7, 11) is 0. The van der Waals surface area contributed by atoms with Gasteiger partial charge in [-0.25, -0.2) is 4.79 Å². The lowest BCUT2D eigenvalue weighted by Gasteiger charge is -2.33. The molecule has 0 radical (unpaired) electrons. The number of nitrogens with one attached hydrogen (secondary N) is 2. The molecule has 2 aromatic rings. The van der Waals surface area contributed by atoms with Crippen molar-refractivity contribution in [1.82, 2.24) is 25.4 Å². The van der Waals surface area contributed by atoms with Crippen LogP contribution in [0.5, 0.6) is 0 Å². The Labute approximate surface area is 210 Å². The van der Waals surface area contributed by atoms with Crippen LogP contribution >= 0.6 is 11.6 Å². The second kappa shape index (κ2) is 10.5. The van der Waals surface area contributed by atoms with Gasteiger partial charge in [0.25, 0.3) is 5.91 Å². The fourth-order valence-corrected chi connectivity index (χ4v) is 4.91. The molecule has 2 aliphatic heterocycles. The molecule has 2 N–H and O–H groups in total. The Kier molecular flexibility index (Phi) is 7.40. The molecule has 1 aromatic heterocycles. The molecule has 2 aliphatic rings. The summed E-state index contributed by atoms with van der Waals surface area (Å²) in [4.78, 5) is 47.6. The van der Waals surface area contributed by atoms with Gasteiger partial charge in [-0.2, -0.15) is 0 Å². The van der Waals surface area contributed by atoms with Gasteiger partial charge in [-0.15, -0.1) is 0 Å². The lowest BCUT2D eigenvalue weighted by Crippen LogP contribution is -2.49. The maximum Gasteiger partial charge on any atom is 0.322 e. The zero-order valence-corrected chi connectivity index (χ0v) is 20.9. The average Bonchev–Trinajstić information content (AvgIpc) is 3.18. The van der Waals surface area contributed by atoms with E-state index in [0.717, 1.165) is 5.69 Å². The number of benzene rings is 1. The van der Waals surface area contributed by atoms with Gasteiger partial charge in [-0.05, 0) is 43.0 Å². The highest BCUT2D eigenvalue weighted by atomic mass is 35.5. The van der Waals surface area contributed by atoms with E-state index in [2.05, 4.69) is 15.6 Å². The van der Waals surface area contributed by atoms with Gasteiger partial charge >= 0.3 is 6.03 Å². The van der Waals surface area contributed by atoms with Crippen molar-refractivity contribution in [3.63, 3.8) is 0 Å². The number of hydrogen-bond acceptors (Lipinski definition) is 4. The van der Waals surface area contributed by atoms with Gasteiger partial charge < -0.3 is 15.5 Å². The van der Waals surface area contributed by atoms with Crippen LogP contribution in [0.3, 0.4) is 0 Å². The van der Waals surface area contributed by atoms with Crippen LogP contribution in [0.4, 0.5) is 4.79 Å². The number of pyridine rings is 1. The number of carbonyl (C=O) groups is 3. The third-order valence-corrected chi connectivity index (χ3v) is 6.67. The van der Waals surface area contributed by atoms with E-state index in [1.807, 2.05) is 45.0 Å². The normalized spacial score (nSPS) is 18.6. The fourth-order valence-electron chi connectivity index (χ4n) is 4.66. The highest BCUT2D eigenvalue weighted by Gasteiger charge is 2.47. The SMILES string of the molecule is CCN1C(=O)N[C@@H](c2ccccc2Cl)C2=C1CN([C@H](CC(C)C)C(=O)NCc1ccccn1)C2=O. The molecule has 0 unspecified atom stereocenters. The van der Waals surface area contributed by atoms with Gasteiger partial charge in [0.05, 0.1) is 36.1 Å². The largest absolute Gasteiger partial charge is 0.349 e. The molecule has 0 aliphatic carbocycles. The number of aromatic nitrogens is 1. The third-order valence-electron chi connectivity index (χ3n) is 6.33. The fraction of sp³-hybridized carbons (Fsp3) is 0.385. The van der Waals surface area contributed by atoms with Gasteiger partial charge in [0, 0.05) is 17.8 Å². The lowest BCUT2D eigenvalue weighted by atomic mass is 9.95. The standard InChI is InChI=1S/C26H30ClN5O3/c1-4-31-21-15-32(20(13-16(2)3)24(33)29-14-17-9-7-8-12-28-17)25(34)22(21)23(30-26(31)35)18-10-5-6-11-19(18)27/h5-12,16,20,23H,4,13-15H2,1-3H3,(H,29,33)(H,30,35)/t20-,23+/m1/s1. The molecule has 1 aromatic carbocycles. The molecule has 0 spiro atoms. The second-order valence-corrected chi connectivity index (χ2v) is 9.53. The number of carbonyl (C=O) groups excluding carboxylic acids is 3. The van der Waals surface area contributed by atoms with Gasteiger partial charge in [0.2, 0.25) is 5.91 Å². The van der Waals surface area contributed by atoms with Gasteiger partial charge in [-0.3, -0.25) is 19.5 Å². The van der Waals surface area contributed by atoms with Crippen molar-refractivity contribution in [3.8, 4) is 0 Å². The molecular weight excluding hydrogens is 466 g/mol. The average molecular weight is 496 g/mol. The number of likely N-dealkylation sites (N-methyl/N-ethyl adjacent to an activating group) is 1. The van der Waals surface area contributed by atoms with Crippen molar-refractivity contribution < 1.29 is 14.4 Å². The summed E-state index contributed by atoms with van der Waals surface area (Å²) in [6.07, 6.45) is 2.16. The highest BCUT2D eigenvalue weighted by molar-refractivity contribution is 6.31. The first-order valence-corrected chi connectivity index (χ1v) is 12.2. The van der Waals surface area contributed by atoms with Crippen molar-refractivity contribution in [1.29, 1.82) is 0 Å². The molecule has 2 atom stereocenters. The van der Waals surface area contributed by atoms with Crippen molar-refractivity contribution in [2.75, 3.05) is 13.1 Å². The van der Waals surface area contributed by atoms with Crippen LogP contribution in [0, 0.1) is 5.92 Å². The molecule has 9 heteroatoms. The van der Waals surface area contributed by atoms with E-state index in [1.54, 1.807) is 34.2 Å².